The first-order valence-corrected chi connectivity index (χ1v) is 9.19. The van der Waals surface area contributed by atoms with Gasteiger partial charge in [0.2, 0.25) is 0 Å². The number of amides is 1. The predicted molar refractivity (Wildman–Crippen MR) is 98.9 cm³/mol. The number of piperidine rings is 1. The van der Waals surface area contributed by atoms with Gasteiger partial charge in [0.05, 0.1) is 17.2 Å². The standard InChI is InChI=1S/C20H22F3N3O2/c21-20(22,23)15-7-4-6-14(12-15)17(27)13-25-18-16(8-5-9-24-18)19(28)26-10-2-1-3-11-26/h4-9,12,17,27H,1-3,10-11,13H2,(H,24,25). The summed E-state index contributed by atoms with van der Waals surface area (Å²) in [6, 6.07) is 7.88. The number of carbonyl (C=O) groups is 1. The molecule has 2 N–H and O–H groups in total. The maximum atomic E-state index is 12.9. The maximum Gasteiger partial charge on any atom is 0.416 e. The fourth-order valence-corrected chi connectivity index (χ4v) is 3.22. The van der Waals surface area contributed by atoms with Gasteiger partial charge in [-0.05, 0) is 49.1 Å². The van der Waals surface area contributed by atoms with E-state index in [4.69, 9.17) is 0 Å². The number of alkyl halides is 3. The molecule has 3 rings (SSSR count). The summed E-state index contributed by atoms with van der Waals surface area (Å²) in [6.45, 7) is 1.32. The van der Waals surface area contributed by atoms with Crippen molar-refractivity contribution in [2.45, 2.75) is 31.5 Å². The number of rotatable bonds is 5. The van der Waals surface area contributed by atoms with Crippen LogP contribution in [-0.2, 0) is 6.18 Å². The quantitative estimate of drug-likeness (QED) is 0.809. The highest BCUT2D eigenvalue weighted by Crippen LogP contribution is 2.31. The van der Waals surface area contributed by atoms with Crippen LogP contribution in [0, 0.1) is 0 Å². The van der Waals surface area contributed by atoms with E-state index in [-0.39, 0.29) is 18.0 Å². The van der Waals surface area contributed by atoms with Crippen LogP contribution < -0.4 is 5.32 Å². The second-order valence-corrected chi connectivity index (χ2v) is 6.77. The minimum Gasteiger partial charge on any atom is -0.387 e. The van der Waals surface area contributed by atoms with E-state index in [1.54, 1.807) is 17.0 Å². The molecule has 5 nitrogen and oxygen atoms in total. The Balaban J connectivity index is 1.70. The van der Waals surface area contributed by atoms with Gasteiger partial charge in [0.1, 0.15) is 5.82 Å². The molecule has 0 aliphatic carbocycles. The van der Waals surface area contributed by atoms with Crippen molar-refractivity contribution >= 4 is 11.7 Å². The van der Waals surface area contributed by atoms with Gasteiger partial charge in [-0.3, -0.25) is 4.79 Å². The van der Waals surface area contributed by atoms with Crippen molar-refractivity contribution in [3.05, 3.63) is 59.3 Å². The number of pyridine rings is 1. The van der Waals surface area contributed by atoms with Gasteiger partial charge in [-0.25, -0.2) is 4.98 Å². The molecule has 1 unspecified atom stereocenters. The number of benzene rings is 1. The first-order valence-electron chi connectivity index (χ1n) is 9.19. The molecule has 1 aromatic carbocycles. The van der Waals surface area contributed by atoms with Crippen molar-refractivity contribution < 1.29 is 23.1 Å². The molecule has 2 aromatic rings. The number of aliphatic hydroxyl groups excluding tert-OH is 1. The lowest BCUT2D eigenvalue weighted by Crippen LogP contribution is -2.36. The third-order valence-electron chi connectivity index (χ3n) is 4.74. The third-order valence-corrected chi connectivity index (χ3v) is 4.74. The van der Waals surface area contributed by atoms with E-state index >= 15 is 0 Å². The Labute approximate surface area is 161 Å². The van der Waals surface area contributed by atoms with Crippen LogP contribution in [0.15, 0.2) is 42.6 Å². The lowest BCUT2D eigenvalue weighted by atomic mass is 10.1. The molecule has 1 aliphatic rings. The summed E-state index contributed by atoms with van der Waals surface area (Å²) in [5.41, 5.74) is -0.286. The van der Waals surface area contributed by atoms with Gasteiger partial charge < -0.3 is 15.3 Å². The number of anilines is 1. The van der Waals surface area contributed by atoms with Crippen LogP contribution >= 0.6 is 0 Å². The number of aliphatic hydroxyl groups is 1. The molecular weight excluding hydrogens is 371 g/mol. The summed E-state index contributed by atoms with van der Waals surface area (Å²) in [7, 11) is 0. The van der Waals surface area contributed by atoms with Crippen LogP contribution in [-0.4, -0.2) is 40.5 Å². The molecule has 1 fully saturated rings. The molecule has 0 bridgehead atoms. The minimum atomic E-state index is -4.47. The zero-order valence-electron chi connectivity index (χ0n) is 15.2. The normalized spacial score (nSPS) is 15.9. The average molecular weight is 393 g/mol. The number of hydrogen-bond donors (Lipinski definition) is 2. The molecule has 8 heteroatoms. The lowest BCUT2D eigenvalue weighted by Gasteiger charge is -2.27. The Bertz CT molecular complexity index is 820. The number of halogens is 3. The van der Waals surface area contributed by atoms with Gasteiger partial charge in [-0.15, -0.1) is 0 Å². The molecule has 2 heterocycles. The molecule has 0 spiro atoms. The van der Waals surface area contributed by atoms with Gasteiger partial charge in [-0.2, -0.15) is 13.2 Å². The van der Waals surface area contributed by atoms with Gasteiger partial charge in [-0.1, -0.05) is 12.1 Å². The molecule has 1 aromatic heterocycles. The Hall–Kier alpha value is -2.61. The van der Waals surface area contributed by atoms with Gasteiger partial charge in [0.25, 0.3) is 5.91 Å². The van der Waals surface area contributed by atoms with Crippen LogP contribution in [0.2, 0.25) is 0 Å². The molecule has 28 heavy (non-hydrogen) atoms. The number of hydrogen-bond acceptors (Lipinski definition) is 4. The van der Waals surface area contributed by atoms with Crippen LogP contribution in [0.25, 0.3) is 0 Å². The van der Waals surface area contributed by atoms with Crippen molar-refractivity contribution in [2.75, 3.05) is 25.0 Å². The zero-order chi connectivity index (χ0) is 20.1. The minimum absolute atomic E-state index is 0.0708. The van der Waals surface area contributed by atoms with E-state index < -0.39 is 17.8 Å². The molecule has 150 valence electrons. The van der Waals surface area contributed by atoms with Crippen molar-refractivity contribution in [1.29, 1.82) is 0 Å². The van der Waals surface area contributed by atoms with Gasteiger partial charge >= 0.3 is 6.18 Å². The Morgan fingerprint density at radius 2 is 1.93 bits per heavy atom. The first-order chi connectivity index (χ1) is 13.4. The summed E-state index contributed by atoms with van der Waals surface area (Å²) in [4.78, 5) is 18.7. The Morgan fingerprint density at radius 3 is 2.64 bits per heavy atom. The summed E-state index contributed by atoms with van der Waals surface area (Å²) in [5, 5.41) is 13.2. The molecule has 0 radical (unpaired) electrons. The number of aromatic nitrogens is 1. The highest BCUT2D eigenvalue weighted by Gasteiger charge is 2.31. The van der Waals surface area contributed by atoms with E-state index in [9.17, 15) is 23.1 Å². The molecule has 1 aliphatic heterocycles. The molecule has 1 saturated heterocycles. The molecular formula is C20H22F3N3O2. The molecule has 1 amide bonds. The summed E-state index contributed by atoms with van der Waals surface area (Å²) in [6.07, 6.45) is -1.11. The monoisotopic (exact) mass is 393 g/mol. The first kappa shape index (κ1) is 20.1. The predicted octanol–water partition coefficient (Wildman–Crippen LogP) is 3.87. The summed E-state index contributed by atoms with van der Waals surface area (Å²) >= 11 is 0. The maximum absolute atomic E-state index is 12.9. The van der Waals surface area contributed by atoms with Crippen molar-refractivity contribution in [1.82, 2.24) is 9.88 Å². The zero-order valence-corrected chi connectivity index (χ0v) is 15.2. The van der Waals surface area contributed by atoms with E-state index in [1.165, 1.54) is 18.3 Å². The van der Waals surface area contributed by atoms with Crippen LogP contribution in [0.1, 0.15) is 46.9 Å². The highest BCUT2D eigenvalue weighted by atomic mass is 19.4. The smallest absolute Gasteiger partial charge is 0.387 e. The third kappa shape index (κ3) is 4.81. The van der Waals surface area contributed by atoms with Gasteiger partial charge in [0, 0.05) is 25.8 Å². The van der Waals surface area contributed by atoms with Gasteiger partial charge in [0.15, 0.2) is 0 Å². The van der Waals surface area contributed by atoms with Crippen LogP contribution in [0.5, 0.6) is 0 Å². The molecule has 1 atom stereocenters. The number of carbonyl (C=O) groups excluding carboxylic acids is 1. The Kier molecular flexibility index (Phi) is 6.18. The van der Waals surface area contributed by atoms with Crippen LogP contribution in [0.3, 0.4) is 0 Å². The largest absolute Gasteiger partial charge is 0.416 e. The lowest BCUT2D eigenvalue weighted by molar-refractivity contribution is -0.137. The van der Waals surface area contributed by atoms with E-state index in [0.29, 0.717) is 24.5 Å². The highest BCUT2D eigenvalue weighted by molar-refractivity contribution is 5.98. The number of nitrogens with zero attached hydrogens (tertiary/aromatic N) is 2. The average Bonchev–Trinajstić information content (AvgIpc) is 2.72. The van der Waals surface area contributed by atoms with Crippen molar-refractivity contribution in [3.8, 4) is 0 Å². The van der Waals surface area contributed by atoms with Crippen molar-refractivity contribution in [2.24, 2.45) is 0 Å². The Morgan fingerprint density at radius 1 is 1.18 bits per heavy atom. The fraction of sp³-hybridized carbons (Fsp3) is 0.400. The summed E-state index contributed by atoms with van der Waals surface area (Å²) < 4.78 is 38.6. The van der Waals surface area contributed by atoms with E-state index in [0.717, 1.165) is 31.4 Å². The topological polar surface area (TPSA) is 65.5 Å². The second-order valence-electron chi connectivity index (χ2n) is 6.77. The number of nitrogens with one attached hydrogen (secondary N) is 1. The fourth-order valence-electron chi connectivity index (χ4n) is 3.22. The van der Waals surface area contributed by atoms with Crippen LogP contribution in [0.4, 0.5) is 19.0 Å². The van der Waals surface area contributed by atoms with Crippen molar-refractivity contribution in [3.63, 3.8) is 0 Å². The SMILES string of the molecule is O=C(c1cccnc1NCC(O)c1cccc(C(F)(F)F)c1)N1CCCCC1. The second kappa shape index (κ2) is 8.60. The van der Waals surface area contributed by atoms with E-state index in [1.807, 2.05) is 0 Å². The molecule has 0 saturated carbocycles. The number of likely N-dealkylation sites (tertiary alicyclic amines) is 1. The summed E-state index contributed by atoms with van der Waals surface area (Å²) in [5.74, 6) is 0.174. The van der Waals surface area contributed by atoms with E-state index in [2.05, 4.69) is 10.3 Å².